The van der Waals surface area contributed by atoms with Crippen molar-refractivity contribution in [2.75, 3.05) is 12.4 Å². The van der Waals surface area contributed by atoms with E-state index in [0.717, 1.165) is 11.4 Å². The first-order valence-electron chi connectivity index (χ1n) is 6.07. The quantitative estimate of drug-likeness (QED) is 0.498. The van der Waals surface area contributed by atoms with Crippen LogP contribution in [0, 0.1) is 17.8 Å². The number of nitrogens with one attached hydrogen (secondary N) is 1. The Morgan fingerprint density at radius 3 is 2.37 bits per heavy atom. The molecule has 0 fully saturated rings. The summed E-state index contributed by atoms with van der Waals surface area (Å²) >= 11 is 0. The second kappa shape index (κ2) is 6.14. The van der Waals surface area contributed by atoms with E-state index in [9.17, 15) is 0 Å². The van der Waals surface area contributed by atoms with Gasteiger partial charge in [-0.25, -0.2) is 4.99 Å². The number of anilines is 1. The van der Waals surface area contributed by atoms with Gasteiger partial charge in [0.15, 0.2) is 5.96 Å². The highest BCUT2D eigenvalue weighted by Crippen LogP contribution is 2.21. The van der Waals surface area contributed by atoms with Gasteiger partial charge < -0.3 is 15.8 Å². The molecule has 0 amide bonds. The van der Waals surface area contributed by atoms with E-state index in [1.165, 1.54) is 0 Å². The first-order valence-corrected chi connectivity index (χ1v) is 6.07. The largest absolute Gasteiger partial charge is 0.497 e. The molecule has 0 saturated carbocycles. The van der Waals surface area contributed by atoms with Crippen LogP contribution in [-0.2, 0) is 0 Å². The van der Waals surface area contributed by atoms with E-state index >= 15 is 0 Å². The lowest BCUT2D eigenvalue weighted by molar-refractivity contribution is 0.376. The number of benzene rings is 1. The van der Waals surface area contributed by atoms with Crippen molar-refractivity contribution in [1.29, 1.82) is 0 Å². The summed E-state index contributed by atoms with van der Waals surface area (Å²) in [6.07, 6.45) is 5.48. The van der Waals surface area contributed by atoms with E-state index in [1.54, 1.807) is 7.11 Å². The SMILES string of the molecule is C#CC(N=C(N)Nc1ccc(OC)cc1)C(C)(C)C. The molecule has 1 aromatic carbocycles. The molecule has 4 heteroatoms. The summed E-state index contributed by atoms with van der Waals surface area (Å²) in [4.78, 5) is 4.32. The van der Waals surface area contributed by atoms with Crippen LogP contribution in [0.25, 0.3) is 0 Å². The van der Waals surface area contributed by atoms with E-state index in [-0.39, 0.29) is 11.5 Å². The lowest BCUT2D eigenvalue weighted by Gasteiger charge is -2.23. The second-order valence-electron chi connectivity index (χ2n) is 5.30. The third-order valence-electron chi connectivity index (χ3n) is 2.61. The van der Waals surface area contributed by atoms with E-state index in [1.807, 2.05) is 45.0 Å². The predicted molar refractivity (Wildman–Crippen MR) is 80.3 cm³/mol. The summed E-state index contributed by atoms with van der Waals surface area (Å²) < 4.78 is 5.08. The first kappa shape index (κ1) is 14.9. The zero-order valence-corrected chi connectivity index (χ0v) is 11.9. The highest BCUT2D eigenvalue weighted by molar-refractivity contribution is 5.92. The van der Waals surface area contributed by atoms with Crippen LogP contribution >= 0.6 is 0 Å². The van der Waals surface area contributed by atoms with Crippen LogP contribution in [0.3, 0.4) is 0 Å². The molecule has 19 heavy (non-hydrogen) atoms. The zero-order chi connectivity index (χ0) is 14.5. The molecule has 0 heterocycles. The Morgan fingerprint density at radius 2 is 1.95 bits per heavy atom. The second-order valence-corrected chi connectivity index (χ2v) is 5.30. The summed E-state index contributed by atoms with van der Waals surface area (Å²) in [5, 5.41) is 3.01. The van der Waals surface area contributed by atoms with Crippen LogP contribution in [0.1, 0.15) is 20.8 Å². The fraction of sp³-hybridized carbons (Fsp3) is 0.400. The van der Waals surface area contributed by atoms with Gasteiger partial charge in [-0.15, -0.1) is 6.42 Å². The lowest BCUT2D eigenvalue weighted by Crippen LogP contribution is -2.30. The highest BCUT2D eigenvalue weighted by atomic mass is 16.5. The summed E-state index contributed by atoms with van der Waals surface area (Å²) in [5.74, 6) is 3.75. The monoisotopic (exact) mass is 259 g/mol. The Bertz CT molecular complexity index is 478. The molecular formula is C15H21N3O. The maximum absolute atomic E-state index is 5.86. The molecule has 0 bridgehead atoms. The molecule has 0 aromatic heterocycles. The van der Waals surface area contributed by atoms with Crippen molar-refractivity contribution in [1.82, 2.24) is 0 Å². The number of guanidine groups is 1. The molecule has 3 N–H and O–H groups in total. The molecule has 1 atom stereocenters. The van der Waals surface area contributed by atoms with Crippen molar-refractivity contribution in [3.63, 3.8) is 0 Å². The van der Waals surface area contributed by atoms with Crippen molar-refractivity contribution in [3.05, 3.63) is 24.3 Å². The fourth-order valence-electron chi connectivity index (χ4n) is 1.47. The standard InChI is InChI=1S/C15H21N3O/c1-6-13(15(2,3)4)18-14(16)17-11-7-9-12(19-5)10-8-11/h1,7-10,13H,2-5H3,(H3,16,17,18). The minimum absolute atomic E-state index is 0.124. The Hall–Kier alpha value is -2.15. The summed E-state index contributed by atoms with van der Waals surface area (Å²) in [5.41, 5.74) is 6.58. The van der Waals surface area contributed by atoms with Gasteiger partial charge in [0.1, 0.15) is 11.8 Å². The molecule has 0 aliphatic carbocycles. The topological polar surface area (TPSA) is 59.6 Å². The summed E-state index contributed by atoms with van der Waals surface area (Å²) in [7, 11) is 1.62. The Morgan fingerprint density at radius 1 is 1.37 bits per heavy atom. The van der Waals surface area contributed by atoms with Gasteiger partial charge in [-0.1, -0.05) is 26.7 Å². The number of aliphatic imine (C=N–C) groups is 1. The molecule has 1 rings (SSSR count). The average Bonchev–Trinajstić information content (AvgIpc) is 2.35. The lowest BCUT2D eigenvalue weighted by atomic mass is 9.88. The molecule has 0 aliphatic heterocycles. The van der Waals surface area contributed by atoms with Crippen LogP contribution in [0.15, 0.2) is 29.3 Å². The maximum atomic E-state index is 5.86. The molecule has 0 aliphatic rings. The molecule has 1 aromatic rings. The van der Waals surface area contributed by atoms with Crippen molar-refractivity contribution >= 4 is 11.6 Å². The van der Waals surface area contributed by atoms with Gasteiger partial charge in [0.2, 0.25) is 0 Å². The molecule has 1 unspecified atom stereocenters. The van der Waals surface area contributed by atoms with Gasteiger partial charge in [-0.2, -0.15) is 0 Å². The number of rotatable bonds is 3. The molecule has 4 nitrogen and oxygen atoms in total. The van der Waals surface area contributed by atoms with Crippen molar-refractivity contribution < 1.29 is 4.74 Å². The van der Waals surface area contributed by atoms with E-state index in [4.69, 9.17) is 16.9 Å². The average molecular weight is 259 g/mol. The summed E-state index contributed by atoms with van der Waals surface area (Å²) in [6, 6.07) is 7.15. The third-order valence-corrected chi connectivity index (χ3v) is 2.61. The van der Waals surface area contributed by atoms with Crippen LogP contribution in [0.2, 0.25) is 0 Å². The van der Waals surface area contributed by atoms with E-state index < -0.39 is 0 Å². The van der Waals surface area contributed by atoms with Gasteiger partial charge in [0.25, 0.3) is 0 Å². The molecule has 0 radical (unpaired) electrons. The molecule has 0 saturated heterocycles. The molecular weight excluding hydrogens is 238 g/mol. The van der Waals surface area contributed by atoms with Crippen LogP contribution in [0.4, 0.5) is 5.69 Å². The van der Waals surface area contributed by atoms with Gasteiger partial charge >= 0.3 is 0 Å². The van der Waals surface area contributed by atoms with Crippen molar-refractivity contribution in [2.45, 2.75) is 26.8 Å². The van der Waals surface area contributed by atoms with Gasteiger partial charge in [-0.05, 0) is 29.7 Å². The first-order chi connectivity index (χ1) is 8.86. The Labute approximate surface area is 115 Å². The number of ether oxygens (including phenoxy) is 1. The number of nitrogens with zero attached hydrogens (tertiary/aromatic N) is 1. The number of hydrogen-bond donors (Lipinski definition) is 2. The highest BCUT2D eigenvalue weighted by Gasteiger charge is 2.22. The normalized spacial score (nSPS) is 13.5. The van der Waals surface area contributed by atoms with Crippen LogP contribution < -0.4 is 15.8 Å². The third kappa shape index (κ3) is 4.55. The number of methoxy groups -OCH3 is 1. The molecule has 0 spiro atoms. The van der Waals surface area contributed by atoms with Gasteiger partial charge in [-0.3, -0.25) is 0 Å². The minimum atomic E-state index is -0.266. The molecule has 102 valence electrons. The minimum Gasteiger partial charge on any atom is -0.497 e. The maximum Gasteiger partial charge on any atom is 0.194 e. The zero-order valence-electron chi connectivity index (χ0n) is 11.9. The fourth-order valence-corrected chi connectivity index (χ4v) is 1.47. The van der Waals surface area contributed by atoms with Crippen molar-refractivity contribution in [2.24, 2.45) is 16.1 Å². The smallest absolute Gasteiger partial charge is 0.194 e. The van der Waals surface area contributed by atoms with E-state index in [2.05, 4.69) is 16.2 Å². The number of nitrogens with two attached hydrogens (primary N) is 1. The van der Waals surface area contributed by atoms with Crippen LogP contribution in [-0.4, -0.2) is 19.1 Å². The summed E-state index contributed by atoms with van der Waals surface area (Å²) in [6.45, 7) is 6.09. The van der Waals surface area contributed by atoms with Crippen LogP contribution in [0.5, 0.6) is 5.75 Å². The number of hydrogen-bond acceptors (Lipinski definition) is 2. The van der Waals surface area contributed by atoms with Crippen molar-refractivity contribution in [3.8, 4) is 18.1 Å². The number of terminal acetylenes is 1. The van der Waals surface area contributed by atoms with Gasteiger partial charge in [0, 0.05) is 5.69 Å². The Kier molecular flexibility index (Phi) is 4.82. The Balaban J connectivity index is 2.78. The predicted octanol–water partition coefficient (Wildman–Crippen LogP) is 2.47. The van der Waals surface area contributed by atoms with Gasteiger partial charge in [0.05, 0.1) is 7.11 Å². The van der Waals surface area contributed by atoms with E-state index in [0.29, 0.717) is 5.96 Å².